The lowest BCUT2D eigenvalue weighted by Gasteiger charge is -2.31. The molecule has 1 aliphatic rings. The van der Waals surface area contributed by atoms with Gasteiger partial charge in [0.25, 0.3) is 0 Å². The molecule has 0 radical (unpaired) electrons. The molecule has 1 atom stereocenters. The molecule has 0 aromatic heterocycles. The highest BCUT2D eigenvalue weighted by molar-refractivity contribution is 6.00. The second kappa shape index (κ2) is 10.3. The number of aryl methyl sites for hydroxylation is 2. The number of amides is 1. The maximum atomic E-state index is 12.8. The molecule has 38 heavy (non-hydrogen) atoms. The second-order valence-electron chi connectivity index (χ2n) is 11.1. The summed E-state index contributed by atoms with van der Waals surface area (Å²) in [5.41, 5.74) is 8.89. The van der Waals surface area contributed by atoms with Crippen LogP contribution in [-0.2, 0) is 20.7 Å². The smallest absolute Gasteiger partial charge is 0.337 e. The lowest BCUT2D eigenvalue weighted by Crippen LogP contribution is -2.29. The highest BCUT2D eigenvalue weighted by atomic mass is 16.5. The quantitative estimate of drug-likeness (QED) is 0.366. The standard InChI is InChI=1S/C32H37NO5/c1-17-9-10-23(15-18(17)2)27-19(3)26(24-11-12-25-22(16-24)13-14-37-25)28(20(4)29(27)33-21(5)34)30(31(35)36)38-32(6,7)8/h9-12,15-16,30H,13-14H2,1-8H3,(H,33,34)(H,35,36). The topological polar surface area (TPSA) is 84.9 Å². The van der Waals surface area contributed by atoms with Gasteiger partial charge in [0.1, 0.15) is 5.75 Å². The summed E-state index contributed by atoms with van der Waals surface area (Å²) in [5.74, 6) is -0.454. The Kier molecular flexibility index (Phi) is 7.39. The van der Waals surface area contributed by atoms with Crippen molar-refractivity contribution in [3.63, 3.8) is 0 Å². The molecule has 1 heterocycles. The number of carbonyl (C=O) groups is 2. The van der Waals surface area contributed by atoms with E-state index in [2.05, 4.69) is 43.4 Å². The molecule has 3 aromatic rings. The van der Waals surface area contributed by atoms with E-state index in [0.29, 0.717) is 23.4 Å². The molecule has 0 fully saturated rings. The average molecular weight is 516 g/mol. The van der Waals surface area contributed by atoms with Crippen molar-refractivity contribution in [1.29, 1.82) is 0 Å². The van der Waals surface area contributed by atoms with Crippen molar-refractivity contribution < 1.29 is 24.2 Å². The number of rotatable bonds is 6. The minimum absolute atomic E-state index is 0.227. The molecule has 2 N–H and O–H groups in total. The van der Waals surface area contributed by atoms with Crippen molar-refractivity contribution in [1.82, 2.24) is 0 Å². The van der Waals surface area contributed by atoms with Gasteiger partial charge in [0, 0.05) is 24.5 Å². The first-order valence-corrected chi connectivity index (χ1v) is 13.0. The molecule has 1 aliphatic heterocycles. The van der Waals surface area contributed by atoms with Gasteiger partial charge in [-0.15, -0.1) is 0 Å². The molecule has 200 valence electrons. The summed E-state index contributed by atoms with van der Waals surface area (Å²) >= 11 is 0. The Balaban J connectivity index is 2.14. The van der Waals surface area contributed by atoms with E-state index >= 15 is 0 Å². The Morgan fingerprint density at radius 3 is 2.21 bits per heavy atom. The second-order valence-corrected chi connectivity index (χ2v) is 11.1. The van der Waals surface area contributed by atoms with Crippen molar-refractivity contribution in [2.24, 2.45) is 0 Å². The maximum Gasteiger partial charge on any atom is 0.337 e. The van der Waals surface area contributed by atoms with E-state index in [4.69, 9.17) is 9.47 Å². The van der Waals surface area contributed by atoms with Crippen LogP contribution in [0.5, 0.6) is 5.75 Å². The molecule has 3 aromatic carbocycles. The molecule has 1 unspecified atom stereocenters. The third-order valence-electron chi connectivity index (χ3n) is 7.08. The summed E-state index contributed by atoms with van der Waals surface area (Å²) in [6, 6.07) is 12.3. The lowest BCUT2D eigenvalue weighted by atomic mass is 9.81. The molecule has 4 rings (SSSR count). The largest absolute Gasteiger partial charge is 0.493 e. The predicted octanol–water partition coefficient (Wildman–Crippen LogP) is 7.09. The number of fused-ring (bicyclic) bond motifs is 1. The van der Waals surface area contributed by atoms with E-state index in [0.717, 1.165) is 51.1 Å². The fourth-order valence-electron chi connectivity index (χ4n) is 5.24. The van der Waals surface area contributed by atoms with Gasteiger partial charge in [-0.05, 0) is 105 Å². The van der Waals surface area contributed by atoms with Crippen LogP contribution in [0.3, 0.4) is 0 Å². The molecule has 0 bridgehead atoms. The number of hydrogen-bond donors (Lipinski definition) is 2. The number of benzene rings is 3. The zero-order chi connectivity index (χ0) is 27.9. The summed E-state index contributed by atoms with van der Waals surface area (Å²) in [4.78, 5) is 25.2. The minimum atomic E-state index is -1.24. The monoisotopic (exact) mass is 515 g/mol. The molecule has 0 aliphatic carbocycles. The Labute approximate surface area is 225 Å². The Hall–Kier alpha value is -3.64. The van der Waals surface area contributed by atoms with Crippen LogP contribution in [0.2, 0.25) is 0 Å². The van der Waals surface area contributed by atoms with Crippen molar-refractivity contribution in [3.05, 3.63) is 69.8 Å². The summed E-state index contributed by atoms with van der Waals surface area (Å²) in [6.07, 6.45) is -0.444. The number of ether oxygens (including phenoxy) is 2. The van der Waals surface area contributed by atoms with E-state index in [1.54, 1.807) is 0 Å². The van der Waals surface area contributed by atoms with Gasteiger partial charge in [-0.25, -0.2) is 4.79 Å². The van der Waals surface area contributed by atoms with E-state index in [1.807, 2.05) is 46.8 Å². The van der Waals surface area contributed by atoms with Crippen molar-refractivity contribution >= 4 is 17.6 Å². The zero-order valence-electron chi connectivity index (χ0n) is 23.5. The Bertz CT molecular complexity index is 1430. The number of nitrogens with one attached hydrogen (secondary N) is 1. The van der Waals surface area contributed by atoms with E-state index < -0.39 is 17.7 Å². The fraction of sp³-hybridized carbons (Fsp3) is 0.375. The van der Waals surface area contributed by atoms with Gasteiger partial charge in [0.2, 0.25) is 5.91 Å². The van der Waals surface area contributed by atoms with Gasteiger partial charge >= 0.3 is 5.97 Å². The first-order valence-electron chi connectivity index (χ1n) is 13.0. The van der Waals surface area contributed by atoms with Crippen LogP contribution in [0.4, 0.5) is 5.69 Å². The van der Waals surface area contributed by atoms with Crippen LogP contribution in [0, 0.1) is 27.7 Å². The van der Waals surface area contributed by atoms with Crippen LogP contribution in [0.15, 0.2) is 36.4 Å². The predicted molar refractivity (Wildman–Crippen MR) is 151 cm³/mol. The molecule has 6 heteroatoms. The SMILES string of the molecule is CC(=O)Nc1c(C)c(C(OC(C)(C)C)C(=O)O)c(-c2ccc3c(c2)CCO3)c(C)c1-c1ccc(C)c(C)c1. The molecular weight excluding hydrogens is 478 g/mol. The number of carboxylic acid groups (broad SMARTS) is 1. The van der Waals surface area contributed by atoms with Crippen LogP contribution in [-0.4, -0.2) is 29.2 Å². The number of carbonyl (C=O) groups excluding carboxylic acids is 1. The minimum Gasteiger partial charge on any atom is -0.493 e. The highest BCUT2D eigenvalue weighted by Crippen LogP contribution is 2.47. The Morgan fingerprint density at radius 1 is 0.947 bits per heavy atom. The zero-order valence-corrected chi connectivity index (χ0v) is 23.5. The van der Waals surface area contributed by atoms with Crippen molar-refractivity contribution in [2.75, 3.05) is 11.9 Å². The normalized spacial score (nSPS) is 13.6. The van der Waals surface area contributed by atoms with Crippen LogP contribution >= 0.6 is 0 Å². The van der Waals surface area contributed by atoms with Crippen LogP contribution < -0.4 is 10.1 Å². The van der Waals surface area contributed by atoms with E-state index in [1.165, 1.54) is 12.5 Å². The van der Waals surface area contributed by atoms with Gasteiger partial charge in [-0.1, -0.05) is 24.3 Å². The lowest BCUT2D eigenvalue weighted by molar-refractivity contribution is -0.160. The molecule has 0 spiro atoms. The summed E-state index contributed by atoms with van der Waals surface area (Å²) in [5, 5.41) is 13.5. The summed E-state index contributed by atoms with van der Waals surface area (Å²) < 4.78 is 11.9. The summed E-state index contributed by atoms with van der Waals surface area (Å²) in [7, 11) is 0. The third kappa shape index (κ3) is 5.32. The first-order chi connectivity index (χ1) is 17.8. The van der Waals surface area contributed by atoms with Crippen molar-refractivity contribution in [3.8, 4) is 28.0 Å². The number of carboxylic acids is 1. The number of aliphatic carboxylic acids is 1. The summed E-state index contributed by atoms with van der Waals surface area (Å²) in [6.45, 7) is 15.6. The molecule has 0 saturated carbocycles. The van der Waals surface area contributed by atoms with Gasteiger partial charge < -0.3 is 19.9 Å². The maximum absolute atomic E-state index is 12.8. The molecule has 0 saturated heterocycles. The van der Waals surface area contributed by atoms with Crippen LogP contribution in [0.1, 0.15) is 67.2 Å². The van der Waals surface area contributed by atoms with E-state index in [-0.39, 0.29) is 5.91 Å². The third-order valence-corrected chi connectivity index (χ3v) is 7.08. The van der Waals surface area contributed by atoms with Gasteiger partial charge in [-0.3, -0.25) is 4.79 Å². The fourth-order valence-corrected chi connectivity index (χ4v) is 5.24. The van der Waals surface area contributed by atoms with Crippen molar-refractivity contribution in [2.45, 2.75) is 73.5 Å². The molecular formula is C32H37NO5. The first kappa shape index (κ1) is 27.4. The van der Waals surface area contributed by atoms with E-state index in [9.17, 15) is 14.7 Å². The van der Waals surface area contributed by atoms with Gasteiger partial charge in [0.15, 0.2) is 6.10 Å². The van der Waals surface area contributed by atoms with Gasteiger partial charge in [0.05, 0.1) is 17.9 Å². The van der Waals surface area contributed by atoms with Crippen LogP contribution in [0.25, 0.3) is 22.3 Å². The number of hydrogen-bond acceptors (Lipinski definition) is 4. The highest BCUT2D eigenvalue weighted by Gasteiger charge is 2.34. The van der Waals surface area contributed by atoms with Gasteiger partial charge in [-0.2, -0.15) is 0 Å². The molecule has 1 amide bonds. The average Bonchev–Trinajstić information content (AvgIpc) is 3.29. The Morgan fingerprint density at radius 2 is 1.61 bits per heavy atom. The molecule has 6 nitrogen and oxygen atoms in total. The number of anilines is 1.